The number of carbonyl (C=O) groups excluding carboxylic acids is 1. The van der Waals surface area contributed by atoms with E-state index in [4.69, 9.17) is 4.74 Å². The zero-order valence-electron chi connectivity index (χ0n) is 14.5. The lowest BCUT2D eigenvalue weighted by Gasteiger charge is -2.26. The van der Waals surface area contributed by atoms with E-state index in [0.29, 0.717) is 25.3 Å². The molecule has 8 nitrogen and oxygen atoms in total. The molecule has 0 radical (unpaired) electrons. The number of aryl methyl sites for hydroxylation is 2. The number of morpholine rings is 1. The molecule has 0 atom stereocenters. The van der Waals surface area contributed by atoms with E-state index in [1.807, 2.05) is 31.2 Å². The minimum Gasteiger partial charge on any atom is -0.379 e. The Morgan fingerprint density at radius 2 is 1.96 bits per heavy atom. The van der Waals surface area contributed by atoms with E-state index in [0.717, 1.165) is 38.4 Å². The van der Waals surface area contributed by atoms with Gasteiger partial charge in [0.2, 0.25) is 11.7 Å². The third-order valence-electron chi connectivity index (χ3n) is 4.16. The summed E-state index contributed by atoms with van der Waals surface area (Å²) in [4.78, 5) is 15.7. The van der Waals surface area contributed by atoms with Crippen molar-refractivity contribution in [2.24, 2.45) is 0 Å². The summed E-state index contributed by atoms with van der Waals surface area (Å²) in [6.07, 6.45) is 0.340. The van der Waals surface area contributed by atoms with E-state index in [9.17, 15) is 4.79 Å². The minimum atomic E-state index is 0.00226. The van der Waals surface area contributed by atoms with Crippen LogP contribution in [0.4, 0.5) is 0 Å². The molecule has 8 heteroatoms. The molecule has 0 bridgehead atoms. The van der Waals surface area contributed by atoms with E-state index in [-0.39, 0.29) is 5.91 Å². The molecular formula is C17H24N6O2. The molecule has 0 spiro atoms. The molecule has 1 aliphatic heterocycles. The molecule has 3 rings (SSSR count). The third-order valence-corrected chi connectivity index (χ3v) is 4.16. The number of aromatic nitrogens is 4. The number of nitrogens with zero attached hydrogens (tertiary/aromatic N) is 5. The van der Waals surface area contributed by atoms with Gasteiger partial charge in [-0.1, -0.05) is 29.8 Å². The van der Waals surface area contributed by atoms with Gasteiger partial charge in [-0.05, 0) is 12.1 Å². The van der Waals surface area contributed by atoms with Gasteiger partial charge in [0, 0.05) is 38.2 Å². The smallest absolute Gasteiger partial charge is 0.221 e. The molecule has 2 heterocycles. The van der Waals surface area contributed by atoms with Crippen molar-refractivity contribution in [3.63, 3.8) is 0 Å². The molecule has 0 aliphatic carbocycles. The van der Waals surface area contributed by atoms with Crippen LogP contribution in [0.2, 0.25) is 0 Å². The lowest BCUT2D eigenvalue weighted by molar-refractivity contribution is -0.121. The zero-order chi connectivity index (χ0) is 17.5. The molecule has 134 valence electrons. The largest absolute Gasteiger partial charge is 0.379 e. The van der Waals surface area contributed by atoms with Crippen LogP contribution in [0.3, 0.4) is 0 Å². The first-order chi connectivity index (χ1) is 12.2. The standard InChI is InChI=1S/C17H24N6O2/c1-14-2-4-15(5-3-14)17-19-21-23(20-17)8-6-16(24)18-7-9-22-10-12-25-13-11-22/h2-5H,6-13H2,1H3,(H,18,24). The van der Waals surface area contributed by atoms with E-state index < -0.39 is 0 Å². The first-order valence-electron chi connectivity index (χ1n) is 8.62. The molecule has 1 aromatic carbocycles. The molecule has 1 saturated heterocycles. The zero-order valence-corrected chi connectivity index (χ0v) is 14.5. The van der Waals surface area contributed by atoms with Crippen LogP contribution < -0.4 is 5.32 Å². The Kier molecular flexibility index (Phi) is 6.08. The van der Waals surface area contributed by atoms with E-state index in [1.54, 1.807) is 0 Å². The maximum Gasteiger partial charge on any atom is 0.221 e. The van der Waals surface area contributed by atoms with Crippen molar-refractivity contribution in [3.05, 3.63) is 29.8 Å². The highest BCUT2D eigenvalue weighted by Gasteiger charge is 2.11. The first-order valence-corrected chi connectivity index (χ1v) is 8.62. The van der Waals surface area contributed by atoms with Gasteiger partial charge in [0.25, 0.3) is 0 Å². The molecule has 1 fully saturated rings. The second-order valence-corrected chi connectivity index (χ2v) is 6.13. The molecule has 25 heavy (non-hydrogen) atoms. The maximum absolute atomic E-state index is 11.9. The fourth-order valence-corrected chi connectivity index (χ4v) is 2.62. The topological polar surface area (TPSA) is 85.2 Å². The summed E-state index contributed by atoms with van der Waals surface area (Å²) >= 11 is 0. The minimum absolute atomic E-state index is 0.00226. The van der Waals surface area contributed by atoms with Gasteiger partial charge in [-0.2, -0.15) is 4.80 Å². The fraction of sp³-hybridized carbons (Fsp3) is 0.529. The lowest BCUT2D eigenvalue weighted by Crippen LogP contribution is -2.41. The highest BCUT2D eigenvalue weighted by Crippen LogP contribution is 2.13. The number of nitrogens with one attached hydrogen (secondary N) is 1. The fourth-order valence-electron chi connectivity index (χ4n) is 2.62. The monoisotopic (exact) mass is 344 g/mol. The second kappa shape index (κ2) is 8.68. The van der Waals surface area contributed by atoms with Crippen molar-refractivity contribution < 1.29 is 9.53 Å². The maximum atomic E-state index is 11.9. The van der Waals surface area contributed by atoms with Crippen molar-refractivity contribution in [3.8, 4) is 11.4 Å². The Morgan fingerprint density at radius 3 is 2.72 bits per heavy atom. The highest BCUT2D eigenvalue weighted by atomic mass is 16.5. The molecular weight excluding hydrogens is 320 g/mol. The van der Waals surface area contributed by atoms with Gasteiger partial charge in [0.15, 0.2) is 0 Å². The second-order valence-electron chi connectivity index (χ2n) is 6.13. The number of benzene rings is 1. The molecule has 1 aliphatic rings. The van der Waals surface area contributed by atoms with Crippen LogP contribution in [0, 0.1) is 6.92 Å². The van der Waals surface area contributed by atoms with Gasteiger partial charge in [-0.15, -0.1) is 10.2 Å². The number of carbonyl (C=O) groups is 1. The summed E-state index contributed by atoms with van der Waals surface area (Å²) in [7, 11) is 0. The molecule has 1 aromatic heterocycles. The van der Waals surface area contributed by atoms with Crippen LogP contribution in [0.5, 0.6) is 0 Å². The summed E-state index contributed by atoms with van der Waals surface area (Å²) in [5.74, 6) is 0.579. The Bertz CT molecular complexity index is 679. The molecule has 0 saturated carbocycles. The Balaban J connectivity index is 1.39. The molecule has 2 aromatic rings. The van der Waals surface area contributed by atoms with Crippen LogP contribution in [0.15, 0.2) is 24.3 Å². The number of hydrogen-bond donors (Lipinski definition) is 1. The van der Waals surface area contributed by atoms with Crippen molar-refractivity contribution in [1.29, 1.82) is 0 Å². The number of ether oxygens (including phenoxy) is 1. The van der Waals surface area contributed by atoms with Gasteiger partial charge >= 0.3 is 0 Å². The van der Waals surface area contributed by atoms with Crippen molar-refractivity contribution in [2.75, 3.05) is 39.4 Å². The summed E-state index contributed by atoms with van der Waals surface area (Å²) in [5.41, 5.74) is 2.11. The number of amides is 1. The van der Waals surface area contributed by atoms with Gasteiger partial charge < -0.3 is 10.1 Å². The Morgan fingerprint density at radius 1 is 1.20 bits per heavy atom. The summed E-state index contributed by atoms with van der Waals surface area (Å²) in [6, 6.07) is 7.96. The SMILES string of the molecule is Cc1ccc(-c2nnn(CCC(=O)NCCN3CCOCC3)n2)cc1. The number of rotatable bonds is 7. The van der Waals surface area contributed by atoms with Crippen LogP contribution in [-0.2, 0) is 16.1 Å². The average Bonchev–Trinajstić information content (AvgIpc) is 3.10. The van der Waals surface area contributed by atoms with E-state index in [1.165, 1.54) is 10.4 Å². The van der Waals surface area contributed by atoms with E-state index in [2.05, 4.69) is 25.6 Å². The highest BCUT2D eigenvalue weighted by molar-refractivity contribution is 5.75. The van der Waals surface area contributed by atoms with Crippen molar-refractivity contribution in [2.45, 2.75) is 19.9 Å². The van der Waals surface area contributed by atoms with Crippen LogP contribution in [0.1, 0.15) is 12.0 Å². The molecule has 1 N–H and O–H groups in total. The van der Waals surface area contributed by atoms with Crippen LogP contribution in [-0.4, -0.2) is 70.4 Å². The molecule has 1 amide bonds. The Labute approximate surface area is 147 Å². The van der Waals surface area contributed by atoms with Gasteiger partial charge in [0.05, 0.1) is 19.8 Å². The summed E-state index contributed by atoms with van der Waals surface area (Å²) in [5, 5.41) is 15.3. The summed E-state index contributed by atoms with van der Waals surface area (Å²) in [6.45, 7) is 7.37. The number of tetrazole rings is 1. The average molecular weight is 344 g/mol. The predicted molar refractivity (Wildman–Crippen MR) is 92.9 cm³/mol. The Hall–Kier alpha value is -2.32. The number of hydrogen-bond acceptors (Lipinski definition) is 6. The van der Waals surface area contributed by atoms with Gasteiger partial charge in [0.1, 0.15) is 0 Å². The van der Waals surface area contributed by atoms with Gasteiger partial charge in [-0.25, -0.2) is 0 Å². The van der Waals surface area contributed by atoms with Crippen molar-refractivity contribution in [1.82, 2.24) is 30.4 Å². The van der Waals surface area contributed by atoms with E-state index >= 15 is 0 Å². The molecule has 0 unspecified atom stereocenters. The van der Waals surface area contributed by atoms with Crippen LogP contribution >= 0.6 is 0 Å². The quantitative estimate of drug-likeness (QED) is 0.787. The normalized spacial score (nSPS) is 15.2. The van der Waals surface area contributed by atoms with Crippen molar-refractivity contribution >= 4 is 5.91 Å². The predicted octanol–water partition coefficient (Wildman–Crippen LogP) is 0.487. The first kappa shape index (κ1) is 17.5. The summed E-state index contributed by atoms with van der Waals surface area (Å²) < 4.78 is 5.30. The third kappa shape index (κ3) is 5.33. The van der Waals surface area contributed by atoms with Crippen LogP contribution in [0.25, 0.3) is 11.4 Å². The lowest BCUT2D eigenvalue weighted by atomic mass is 10.1. The van der Waals surface area contributed by atoms with Gasteiger partial charge in [-0.3, -0.25) is 9.69 Å².